The first-order valence-corrected chi connectivity index (χ1v) is 17.7. The minimum absolute atomic E-state index is 0.000919. The Bertz CT molecular complexity index is 1840. The van der Waals surface area contributed by atoms with Crippen molar-refractivity contribution in [1.29, 1.82) is 0 Å². The molecule has 0 spiro atoms. The summed E-state index contributed by atoms with van der Waals surface area (Å²) < 4.78 is 11.2. The maximum atomic E-state index is 12.9. The molecule has 0 unspecified atom stereocenters. The molecule has 2 aliphatic carbocycles. The van der Waals surface area contributed by atoms with Crippen LogP contribution in [0.5, 0.6) is 0 Å². The minimum atomic E-state index is -0.533. The van der Waals surface area contributed by atoms with E-state index in [1.807, 2.05) is 52.6 Å². The van der Waals surface area contributed by atoms with E-state index in [-0.39, 0.29) is 30.2 Å². The Balaban J connectivity index is 1.04. The molecule has 10 nitrogen and oxygen atoms in total. The summed E-state index contributed by atoms with van der Waals surface area (Å²) >= 11 is 0. The van der Waals surface area contributed by atoms with Gasteiger partial charge in [0.15, 0.2) is 0 Å². The molecule has 1 aliphatic heterocycles. The summed E-state index contributed by atoms with van der Waals surface area (Å²) in [5, 5.41) is 3.07. The van der Waals surface area contributed by atoms with Crippen LogP contribution in [0.1, 0.15) is 109 Å². The fourth-order valence-corrected chi connectivity index (χ4v) is 7.49. The maximum Gasteiger partial charge on any atom is 0.410 e. The van der Waals surface area contributed by atoms with Crippen molar-refractivity contribution in [2.24, 2.45) is 0 Å². The molecule has 258 valence electrons. The number of rotatable bonds is 5. The van der Waals surface area contributed by atoms with Crippen molar-refractivity contribution in [3.05, 3.63) is 71.6 Å². The molecule has 49 heavy (non-hydrogen) atoms. The van der Waals surface area contributed by atoms with E-state index in [0.29, 0.717) is 6.54 Å². The standard InChI is InChI=1S/C39H48N6O4/c1-38(2,3)48-36(46)43-29-10-7-9-28(29)34-40-22-31(42-34)24-14-12-23(13-15-24)25-16-18-27-26(21-25)17-19-30-33(27)44-35(41-30)32-11-8-20-45(32)37(47)49-39(4,5)6/h12-16,18,21-22,28-29,32H,7-11,17,19-20H2,1-6H3,(H,40,42)(H,41,44)(H,43,46)/t28-,29-,32-/m0/s1. The van der Waals surface area contributed by atoms with Gasteiger partial charge in [0.2, 0.25) is 0 Å². The lowest BCUT2D eigenvalue weighted by Gasteiger charge is -2.27. The average Bonchev–Trinajstić information content (AvgIpc) is 3.84. The number of carbonyl (C=O) groups is 2. The molecule has 1 saturated heterocycles. The number of nitrogens with zero attached hydrogens (tertiary/aromatic N) is 3. The summed E-state index contributed by atoms with van der Waals surface area (Å²) in [5.41, 5.74) is 7.86. The largest absolute Gasteiger partial charge is 0.444 e. The Morgan fingerprint density at radius 1 is 0.837 bits per heavy atom. The van der Waals surface area contributed by atoms with Crippen LogP contribution in [0.15, 0.2) is 48.7 Å². The number of fused-ring (bicyclic) bond motifs is 3. The fourth-order valence-electron chi connectivity index (χ4n) is 7.49. The number of nitrogens with one attached hydrogen (secondary N) is 3. The first kappa shape index (κ1) is 32.9. The van der Waals surface area contributed by atoms with Crippen LogP contribution < -0.4 is 5.32 Å². The van der Waals surface area contributed by atoms with Gasteiger partial charge in [-0.1, -0.05) is 48.9 Å². The molecule has 2 aromatic heterocycles. The topological polar surface area (TPSA) is 125 Å². The molecule has 10 heteroatoms. The van der Waals surface area contributed by atoms with E-state index < -0.39 is 11.2 Å². The van der Waals surface area contributed by atoms with Gasteiger partial charge in [-0.2, -0.15) is 0 Å². The molecule has 3 atom stereocenters. The third-order valence-electron chi connectivity index (χ3n) is 9.69. The van der Waals surface area contributed by atoms with E-state index >= 15 is 0 Å². The second kappa shape index (κ2) is 12.7. The molecule has 0 radical (unpaired) electrons. The van der Waals surface area contributed by atoms with Crippen molar-refractivity contribution in [2.45, 2.75) is 116 Å². The lowest BCUT2D eigenvalue weighted by atomic mass is 9.89. The molecule has 1 saturated carbocycles. The van der Waals surface area contributed by atoms with E-state index in [9.17, 15) is 9.59 Å². The van der Waals surface area contributed by atoms with Gasteiger partial charge in [-0.25, -0.2) is 19.6 Å². The molecule has 3 heterocycles. The van der Waals surface area contributed by atoms with E-state index in [1.54, 1.807) is 0 Å². The first-order chi connectivity index (χ1) is 23.3. The van der Waals surface area contributed by atoms with E-state index in [2.05, 4.69) is 57.7 Å². The number of carbonyl (C=O) groups excluding carboxylic acids is 2. The molecular weight excluding hydrogens is 616 g/mol. The number of imidazole rings is 2. The van der Waals surface area contributed by atoms with Gasteiger partial charge < -0.3 is 24.8 Å². The number of aromatic amines is 2. The first-order valence-electron chi connectivity index (χ1n) is 17.7. The molecule has 7 rings (SSSR count). The molecule has 3 N–H and O–H groups in total. The molecule has 2 amide bonds. The zero-order chi connectivity index (χ0) is 34.5. The van der Waals surface area contributed by atoms with E-state index in [4.69, 9.17) is 19.4 Å². The van der Waals surface area contributed by atoms with E-state index in [1.165, 1.54) is 11.1 Å². The number of amides is 2. The third-order valence-corrected chi connectivity index (χ3v) is 9.69. The molecule has 2 fully saturated rings. The highest BCUT2D eigenvalue weighted by molar-refractivity contribution is 5.76. The van der Waals surface area contributed by atoms with E-state index in [0.717, 1.165) is 90.4 Å². The normalized spacial score (nSPS) is 20.5. The SMILES string of the molecule is CC(C)(C)OC(=O)N[C@H]1CCC[C@@H]1c1ncc(-c2ccc(-c3ccc4c(c3)CCc3[nH]c([C@@H]5CCCN5C(=O)OC(C)(C)C)nc3-4)cc2)[nH]1. The lowest BCUT2D eigenvalue weighted by Crippen LogP contribution is -2.40. The number of ether oxygens (including phenoxy) is 2. The Morgan fingerprint density at radius 2 is 1.57 bits per heavy atom. The van der Waals surface area contributed by atoms with Crippen LogP contribution in [0.2, 0.25) is 0 Å². The Morgan fingerprint density at radius 3 is 2.33 bits per heavy atom. The average molecular weight is 665 g/mol. The highest BCUT2D eigenvalue weighted by atomic mass is 16.6. The summed E-state index contributed by atoms with van der Waals surface area (Å²) in [7, 11) is 0. The summed E-state index contributed by atoms with van der Waals surface area (Å²) in [4.78, 5) is 44.1. The molecular formula is C39H48N6O4. The van der Waals surface area contributed by atoms with Crippen LogP contribution in [-0.4, -0.2) is 60.8 Å². The van der Waals surface area contributed by atoms with Crippen molar-refractivity contribution in [1.82, 2.24) is 30.2 Å². The summed E-state index contributed by atoms with van der Waals surface area (Å²) in [6, 6.07) is 15.1. The number of likely N-dealkylation sites (tertiary alicyclic amines) is 1. The van der Waals surface area contributed by atoms with Gasteiger partial charge in [0.1, 0.15) is 22.9 Å². The molecule has 2 aromatic carbocycles. The van der Waals surface area contributed by atoms with Gasteiger partial charge in [0.25, 0.3) is 0 Å². The van der Waals surface area contributed by atoms with Crippen molar-refractivity contribution >= 4 is 12.2 Å². The Kier molecular flexibility index (Phi) is 8.53. The van der Waals surface area contributed by atoms with Gasteiger partial charge >= 0.3 is 12.2 Å². The summed E-state index contributed by atoms with van der Waals surface area (Å²) in [6.07, 6.45) is 7.77. The van der Waals surface area contributed by atoms with Crippen molar-refractivity contribution < 1.29 is 19.1 Å². The molecule has 3 aliphatic rings. The molecule has 4 aromatic rings. The zero-order valence-electron chi connectivity index (χ0n) is 29.5. The number of benzene rings is 2. The monoisotopic (exact) mass is 664 g/mol. The number of aryl methyl sites for hydroxylation is 2. The fraction of sp³-hybridized carbons (Fsp3) is 0.487. The number of aromatic nitrogens is 4. The van der Waals surface area contributed by atoms with Crippen LogP contribution in [0, 0.1) is 0 Å². The predicted octanol–water partition coefficient (Wildman–Crippen LogP) is 8.47. The number of hydrogen-bond acceptors (Lipinski definition) is 6. The predicted molar refractivity (Wildman–Crippen MR) is 189 cm³/mol. The molecule has 0 bridgehead atoms. The smallest absolute Gasteiger partial charge is 0.410 e. The Hall–Kier alpha value is -4.60. The highest BCUT2D eigenvalue weighted by Gasteiger charge is 2.36. The van der Waals surface area contributed by atoms with Gasteiger partial charge in [-0.15, -0.1) is 0 Å². The van der Waals surface area contributed by atoms with Crippen molar-refractivity contribution in [2.75, 3.05) is 6.54 Å². The summed E-state index contributed by atoms with van der Waals surface area (Å²) in [5.74, 6) is 1.88. The second-order valence-electron chi connectivity index (χ2n) is 15.7. The minimum Gasteiger partial charge on any atom is -0.444 e. The lowest BCUT2D eigenvalue weighted by molar-refractivity contribution is 0.0218. The van der Waals surface area contributed by atoms with Crippen molar-refractivity contribution in [3.63, 3.8) is 0 Å². The van der Waals surface area contributed by atoms with Crippen LogP contribution in [0.25, 0.3) is 33.6 Å². The third kappa shape index (κ3) is 7.09. The Labute approximate surface area is 288 Å². The van der Waals surface area contributed by atoms with Crippen LogP contribution in [0.4, 0.5) is 9.59 Å². The van der Waals surface area contributed by atoms with Gasteiger partial charge in [-0.05, 0) is 102 Å². The van der Waals surface area contributed by atoms with Crippen LogP contribution >= 0.6 is 0 Å². The number of alkyl carbamates (subject to hydrolysis) is 1. The summed E-state index contributed by atoms with van der Waals surface area (Å²) in [6.45, 7) is 12.0. The number of hydrogen-bond donors (Lipinski definition) is 3. The van der Waals surface area contributed by atoms with Crippen LogP contribution in [-0.2, 0) is 22.3 Å². The highest BCUT2D eigenvalue weighted by Crippen LogP contribution is 2.39. The van der Waals surface area contributed by atoms with Gasteiger partial charge in [0.05, 0.1) is 23.6 Å². The zero-order valence-corrected chi connectivity index (χ0v) is 29.5. The van der Waals surface area contributed by atoms with Crippen LogP contribution in [0.3, 0.4) is 0 Å². The number of H-pyrrole nitrogens is 2. The van der Waals surface area contributed by atoms with Gasteiger partial charge in [0, 0.05) is 29.8 Å². The van der Waals surface area contributed by atoms with Gasteiger partial charge in [-0.3, -0.25) is 4.90 Å². The maximum absolute atomic E-state index is 12.9. The quantitative estimate of drug-likeness (QED) is 0.197. The van der Waals surface area contributed by atoms with Crippen molar-refractivity contribution in [3.8, 4) is 33.6 Å². The second-order valence-corrected chi connectivity index (χ2v) is 15.7.